The van der Waals surface area contributed by atoms with E-state index in [4.69, 9.17) is 9.15 Å². The molecule has 0 amide bonds. The number of nitrogens with one attached hydrogen (secondary N) is 1. The van der Waals surface area contributed by atoms with Gasteiger partial charge in [0.05, 0.1) is 18.4 Å². The molecule has 1 atom stereocenters. The summed E-state index contributed by atoms with van der Waals surface area (Å²) in [5.74, 6) is 0.990. The van der Waals surface area contributed by atoms with Crippen LogP contribution in [0.3, 0.4) is 0 Å². The van der Waals surface area contributed by atoms with E-state index in [1.54, 1.807) is 6.26 Å². The van der Waals surface area contributed by atoms with Crippen LogP contribution in [0.15, 0.2) is 22.8 Å². The van der Waals surface area contributed by atoms with Gasteiger partial charge < -0.3 is 14.5 Å². The van der Waals surface area contributed by atoms with Crippen molar-refractivity contribution in [1.29, 1.82) is 0 Å². The van der Waals surface area contributed by atoms with Gasteiger partial charge in [0.15, 0.2) is 0 Å². The van der Waals surface area contributed by atoms with Crippen LogP contribution in [0, 0.1) is 0 Å². The minimum Gasteiger partial charge on any atom is -0.468 e. The number of rotatable bonds is 7. The molecule has 1 aromatic heterocycles. The first-order chi connectivity index (χ1) is 7.24. The van der Waals surface area contributed by atoms with Crippen molar-refractivity contribution in [3.63, 3.8) is 0 Å². The molecule has 1 N–H and O–H groups in total. The Morgan fingerprint density at radius 2 is 2.27 bits per heavy atom. The molecule has 0 aromatic carbocycles. The molecular weight excluding hydrogens is 190 g/mol. The van der Waals surface area contributed by atoms with Crippen LogP contribution in [-0.4, -0.2) is 19.3 Å². The molecule has 0 saturated heterocycles. The second-order valence-electron chi connectivity index (χ2n) is 3.83. The van der Waals surface area contributed by atoms with E-state index in [2.05, 4.69) is 26.1 Å². The molecule has 1 rings (SSSR count). The van der Waals surface area contributed by atoms with Crippen LogP contribution < -0.4 is 5.32 Å². The molecule has 0 aliphatic rings. The van der Waals surface area contributed by atoms with Crippen LogP contribution in [0.2, 0.25) is 0 Å². The first-order valence-electron chi connectivity index (χ1n) is 5.62. The Hall–Kier alpha value is -0.800. The van der Waals surface area contributed by atoms with Crippen LogP contribution in [0.5, 0.6) is 0 Å². The molecule has 0 aliphatic carbocycles. The van der Waals surface area contributed by atoms with E-state index < -0.39 is 0 Å². The van der Waals surface area contributed by atoms with Crippen molar-refractivity contribution < 1.29 is 9.15 Å². The van der Waals surface area contributed by atoms with Crippen molar-refractivity contribution in [3.8, 4) is 0 Å². The maximum atomic E-state index is 5.54. The predicted molar refractivity (Wildman–Crippen MR) is 60.8 cm³/mol. The zero-order valence-corrected chi connectivity index (χ0v) is 9.82. The highest BCUT2D eigenvalue weighted by atomic mass is 16.5. The van der Waals surface area contributed by atoms with Crippen LogP contribution in [0.4, 0.5) is 0 Å². The lowest BCUT2D eigenvalue weighted by molar-refractivity contribution is 0.0701. The number of furan rings is 1. The quantitative estimate of drug-likeness (QED) is 0.753. The van der Waals surface area contributed by atoms with Gasteiger partial charge in [-0.05, 0) is 38.9 Å². The lowest BCUT2D eigenvalue weighted by Gasteiger charge is -2.16. The Labute approximate surface area is 91.8 Å². The second-order valence-corrected chi connectivity index (χ2v) is 3.83. The summed E-state index contributed by atoms with van der Waals surface area (Å²) in [6.07, 6.45) is 2.95. The summed E-state index contributed by atoms with van der Waals surface area (Å²) in [5.41, 5.74) is 0. The first kappa shape index (κ1) is 12.3. The summed E-state index contributed by atoms with van der Waals surface area (Å²) >= 11 is 0. The molecular formula is C12H21NO2. The largest absolute Gasteiger partial charge is 0.468 e. The zero-order valence-electron chi connectivity index (χ0n) is 9.82. The maximum Gasteiger partial charge on any atom is 0.120 e. The SMILES string of the molecule is CCNC(CCOC(C)C)c1ccco1. The lowest BCUT2D eigenvalue weighted by Crippen LogP contribution is -2.22. The maximum absolute atomic E-state index is 5.54. The van der Waals surface area contributed by atoms with Crippen molar-refractivity contribution >= 4 is 0 Å². The van der Waals surface area contributed by atoms with Gasteiger partial charge in [-0.3, -0.25) is 0 Å². The highest BCUT2D eigenvalue weighted by Gasteiger charge is 2.12. The molecule has 0 bridgehead atoms. The average Bonchev–Trinajstić information content (AvgIpc) is 2.68. The van der Waals surface area contributed by atoms with Crippen molar-refractivity contribution in [2.45, 2.75) is 39.3 Å². The smallest absolute Gasteiger partial charge is 0.120 e. The molecule has 3 nitrogen and oxygen atoms in total. The van der Waals surface area contributed by atoms with Crippen molar-refractivity contribution in [2.24, 2.45) is 0 Å². The highest BCUT2D eigenvalue weighted by Crippen LogP contribution is 2.17. The molecule has 86 valence electrons. The third-order valence-electron chi connectivity index (χ3n) is 2.19. The Morgan fingerprint density at radius 1 is 1.47 bits per heavy atom. The summed E-state index contributed by atoms with van der Waals surface area (Å²) in [4.78, 5) is 0. The van der Waals surface area contributed by atoms with Crippen LogP contribution in [-0.2, 0) is 4.74 Å². The van der Waals surface area contributed by atoms with Crippen LogP contribution in [0.1, 0.15) is 39.0 Å². The normalized spacial score (nSPS) is 13.3. The fourth-order valence-corrected chi connectivity index (χ4v) is 1.50. The standard InChI is InChI=1S/C12H21NO2/c1-4-13-11(7-9-14-10(2)3)12-6-5-8-15-12/h5-6,8,10-11,13H,4,7,9H2,1-3H3. The molecule has 1 unspecified atom stereocenters. The Kier molecular flexibility index (Phi) is 5.43. The van der Waals surface area contributed by atoms with E-state index in [0.717, 1.165) is 25.3 Å². The van der Waals surface area contributed by atoms with Gasteiger partial charge in [-0.2, -0.15) is 0 Å². The molecule has 3 heteroatoms. The molecule has 15 heavy (non-hydrogen) atoms. The summed E-state index contributed by atoms with van der Waals surface area (Å²) in [5, 5.41) is 3.38. The molecule has 1 heterocycles. The summed E-state index contributed by atoms with van der Waals surface area (Å²) in [6.45, 7) is 7.90. The van der Waals surface area contributed by atoms with Crippen LogP contribution >= 0.6 is 0 Å². The third kappa shape index (κ3) is 4.49. The van der Waals surface area contributed by atoms with Crippen molar-refractivity contribution in [3.05, 3.63) is 24.2 Å². The molecule has 0 saturated carbocycles. The fourth-order valence-electron chi connectivity index (χ4n) is 1.50. The van der Waals surface area contributed by atoms with Gasteiger partial charge in [-0.1, -0.05) is 6.92 Å². The molecule has 0 aliphatic heterocycles. The van der Waals surface area contributed by atoms with Gasteiger partial charge in [-0.15, -0.1) is 0 Å². The van der Waals surface area contributed by atoms with Gasteiger partial charge in [0.1, 0.15) is 5.76 Å². The van der Waals surface area contributed by atoms with Gasteiger partial charge in [0.2, 0.25) is 0 Å². The Bertz CT molecular complexity index is 244. The van der Waals surface area contributed by atoms with Gasteiger partial charge in [-0.25, -0.2) is 0 Å². The van der Waals surface area contributed by atoms with Crippen LogP contribution in [0.25, 0.3) is 0 Å². The van der Waals surface area contributed by atoms with Gasteiger partial charge in [0, 0.05) is 6.61 Å². The third-order valence-corrected chi connectivity index (χ3v) is 2.19. The van der Waals surface area contributed by atoms with E-state index in [9.17, 15) is 0 Å². The Morgan fingerprint density at radius 3 is 2.80 bits per heavy atom. The van der Waals surface area contributed by atoms with Crippen molar-refractivity contribution in [2.75, 3.05) is 13.2 Å². The summed E-state index contributed by atoms with van der Waals surface area (Å²) in [6, 6.07) is 4.19. The Balaban J connectivity index is 2.38. The number of hydrogen-bond donors (Lipinski definition) is 1. The molecule has 0 spiro atoms. The number of ether oxygens (including phenoxy) is 1. The zero-order chi connectivity index (χ0) is 11.1. The highest BCUT2D eigenvalue weighted by molar-refractivity contribution is 5.04. The molecule has 0 radical (unpaired) electrons. The number of hydrogen-bond acceptors (Lipinski definition) is 3. The minimum absolute atomic E-state index is 0.267. The topological polar surface area (TPSA) is 34.4 Å². The van der Waals surface area contributed by atoms with Gasteiger partial charge >= 0.3 is 0 Å². The molecule has 0 fully saturated rings. The monoisotopic (exact) mass is 211 g/mol. The van der Waals surface area contributed by atoms with E-state index >= 15 is 0 Å². The first-order valence-corrected chi connectivity index (χ1v) is 5.62. The fraction of sp³-hybridized carbons (Fsp3) is 0.667. The summed E-state index contributed by atoms with van der Waals surface area (Å²) < 4.78 is 10.9. The average molecular weight is 211 g/mol. The summed E-state index contributed by atoms with van der Waals surface area (Å²) in [7, 11) is 0. The van der Waals surface area contributed by atoms with Crippen molar-refractivity contribution in [1.82, 2.24) is 5.32 Å². The van der Waals surface area contributed by atoms with E-state index in [0.29, 0.717) is 6.10 Å². The minimum atomic E-state index is 0.267. The van der Waals surface area contributed by atoms with E-state index in [1.807, 2.05) is 12.1 Å². The lowest BCUT2D eigenvalue weighted by atomic mass is 10.1. The van der Waals surface area contributed by atoms with E-state index in [1.165, 1.54) is 0 Å². The second kappa shape index (κ2) is 6.64. The van der Waals surface area contributed by atoms with Gasteiger partial charge in [0.25, 0.3) is 0 Å². The van der Waals surface area contributed by atoms with E-state index in [-0.39, 0.29) is 6.04 Å². The molecule has 1 aromatic rings. The predicted octanol–water partition coefficient (Wildman–Crippen LogP) is 2.75.